The largest absolute Gasteiger partial charge is 0.393 e. The molecule has 6 heteroatoms. The molecule has 0 saturated carbocycles. The van der Waals surface area contributed by atoms with Crippen molar-refractivity contribution >= 4 is 17.3 Å². The van der Waals surface area contributed by atoms with Gasteiger partial charge in [-0.1, -0.05) is 24.9 Å². The van der Waals surface area contributed by atoms with Crippen LogP contribution in [0.25, 0.3) is 0 Å². The molecule has 88 valence electrons. The molecule has 0 aromatic carbocycles. The molecule has 1 N–H and O–H groups in total. The average molecular weight is 245 g/mol. The molecule has 1 aromatic rings. The molecule has 1 atom stereocenters. The highest BCUT2D eigenvalue weighted by Gasteiger charge is 2.18. The molecule has 0 aliphatic carbocycles. The summed E-state index contributed by atoms with van der Waals surface area (Å²) in [5, 5.41) is 20.5. The Morgan fingerprint density at radius 1 is 1.69 bits per heavy atom. The molecule has 1 heterocycles. The molecule has 0 saturated heterocycles. The Balaban J connectivity index is 2.90. The molecule has 1 aromatic heterocycles. The number of aliphatic hydroxyl groups is 1. The van der Waals surface area contributed by atoms with Crippen molar-refractivity contribution in [2.45, 2.75) is 32.3 Å². The molecule has 0 bridgehead atoms. The quantitative estimate of drug-likeness (QED) is 0.637. The van der Waals surface area contributed by atoms with Gasteiger partial charge in [-0.05, 0) is 6.42 Å². The summed E-state index contributed by atoms with van der Waals surface area (Å²) in [6.07, 6.45) is 2.35. The summed E-state index contributed by atoms with van der Waals surface area (Å²) in [7, 11) is 0. The Kier molecular flexibility index (Phi) is 4.64. The Hall–Kier alpha value is -1.20. The Bertz CT molecular complexity index is 384. The first kappa shape index (κ1) is 12.9. The van der Waals surface area contributed by atoms with Crippen molar-refractivity contribution in [3.05, 3.63) is 33.1 Å². The predicted molar refractivity (Wildman–Crippen MR) is 60.5 cm³/mol. The zero-order valence-corrected chi connectivity index (χ0v) is 9.65. The van der Waals surface area contributed by atoms with Crippen LogP contribution in [0.15, 0.2) is 12.3 Å². The van der Waals surface area contributed by atoms with Crippen LogP contribution < -0.4 is 0 Å². The Morgan fingerprint density at radius 3 is 2.94 bits per heavy atom. The molecule has 0 amide bonds. The number of nitrogens with zero attached hydrogens (tertiary/aromatic N) is 2. The van der Waals surface area contributed by atoms with E-state index in [1.54, 1.807) is 0 Å². The van der Waals surface area contributed by atoms with E-state index in [0.717, 1.165) is 6.42 Å². The lowest BCUT2D eigenvalue weighted by Crippen LogP contribution is -2.12. The van der Waals surface area contributed by atoms with E-state index in [4.69, 9.17) is 11.6 Å². The van der Waals surface area contributed by atoms with Crippen molar-refractivity contribution in [1.82, 2.24) is 4.98 Å². The lowest BCUT2D eigenvalue weighted by molar-refractivity contribution is -0.386. The monoisotopic (exact) mass is 244 g/mol. The third-order valence-corrected chi connectivity index (χ3v) is 2.37. The summed E-state index contributed by atoms with van der Waals surface area (Å²) < 4.78 is 0. The lowest BCUT2D eigenvalue weighted by Gasteiger charge is -2.08. The van der Waals surface area contributed by atoms with Gasteiger partial charge in [-0.25, -0.2) is 0 Å². The average Bonchev–Trinajstić information content (AvgIpc) is 2.20. The Labute approximate surface area is 98.2 Å². The molecular weight excluding hydrogens is 232 g/mol. The third-order valence-electron chi connectivity index (χ3n) is 2.16. The second-order valence-corrected chi connectivity index (χ2v) is 3.96. The fourth-order valence-corrected chi connectivity index (χ4v) is 1.58. The zero-order chi connectivity index (χ0) is 12.1. The van der Waals surface area contributed by atoms with Crippen molar-refractivity contribution in [2.24, 2.45) is 0 Å². The summed E-state index contributed by atoms with van der Waals surface area (Å²) in [4.78, 5) is 14.1. The van der Waals surface area contributed by atoms with Gasteiger partial charge in [0.25, 0.3) is 5.69 Å². The highest BCUT2D eigenvalue weighted by Crippen LogP contribution is 2.22. The van der Waals surface area contributed by atoms with Crippen LogP contribution in [0.1, 0.15) is 25.5 Å². The van der Waals surface area contributed by atoms with Crippen LogP contribution in [0, 0.1) is 10.1 Å². The van der Waals surface area contributed by atoms with Crippen molar-refractivity contribution < 1.29 is 10.0 Å². The second kappa shape index (κ2) is 5.77. The minimum Gasteiger partial charge on any atom is -0.393 e. The summed E-state index contributed by atoms with van der Waals surface area (Å²) in [6.45, 7) is 1.94. The second-order valence-electron chi connectivity index (χ2n) is 3.52. The van der Waals surface area contributed by atoms with Crippen LogP contribution in [0.2, 0.25) is 5.02 Å². The SMILES string of the molecule is CCCC(O)Cc1ncc(Cl)cc1[N+](=O)[O-]. The summed E-state index contributed by atoms with van der Waals surface area (Å²) in [5.41, 5.74) is 0.137. The van der Waals surface area contributed by atoms with Crippen molar-refractivity contribution in [3.63, 3.8) is 0 Å². The number of hydrogen-bond donors (Lipinski definition) is 1. The van der Waals surface area contributed by atoms with Gasteiger partial charge in [0, 0.05) is 18.7 Å². The number of halogens is 1. The molecular formula is C10H13ClN2O3. The van der Waals surface area contributed by atoms with Crippen LogP contribution in [-0.2, 0) is 6.42 Å². The van der Waals surface area contributed by atoms with Crippen molar-refractivity contribution in [2.75, 3.05) is 0 Å². The van der Waals surface area contributed by atoms with Gasteiger partial charge in [-0.2, -0.15) is 0 Å². The lowest BCUT2D eigenvalue weighted by atomic mass is 10.1. The van der Waals surface area contributed by atoms with Crippen molar-refractivity contribution in [1.29, 1.82) is 0 Å². The van der Waals surface area contributed by atoms with Gasteiger partial charge in [-0.15, -0.1) is 0 Å². The number of hydrogen-bond acceptors (Lipinski definition) is 4. The van der Waals surface area contributed by atoms with Gasteiger partial charge in [0.15, 0.2) is 0 Å². The van der Waals surface area contributed by atoms with Crippen molar-refractivity contribution in [3.8, 4) is 0 Å². The maximum atomic E-state index is 10.7. The molecule has 1 rings (SSSR count). The van der Waals surface area contributed by atoms with E-state index in [2.05, 4.69) is 4.98 Å². The van der Waals surface area contributed by atoms with Crippen LogP contribution in [0.5, 0.6) is 0 Å². The van der Waals surface area contributed by atoms with E-state index in [0.29, 0.717) is 6.42 Å². The van der Waals surface area contributed by atoms with E-state index in [1.165, 1.54) is 12.3 Å². The van der Waals surface area contributed by atoms with E-state index in [-0.39, 0.29) is 22.8 Å². The van der Waals surface area contributed by atoms with Gasteiger partial charge in [0.2, 0.25) is 0 Å². The standard InChI is InChI=1S/C10H13ClN2O3/c1-2-3-8(14)5-9-10(13(15)16)4-7(11)6-12-9/h4,6,8,14H,2-3,5H2,1H3. The van der Waals surface area contributed by atoms with Gasteiger partial charge >= 0.3 is 0 Å². The van der Waals surface area contributed by atoms with Gasteiger partial charge in [0.1, 0.15) is 5.69 Å². The highest BCUT2D eigenvalue weighted by atomic mass is 35.5. The van der Waals surface area contributed by atoms with Crippen LogP contribution >= 0.6 is 11.6 Å². The molecule has 1 unspecified atom stereocenters. The maximum absolute atomic E-state index is 10.7. The summed E-state index contributed by atoms with van der Waals surface area (Å²) in [6, 6.07) is 1.25. The van der Waals surface area contributed by atoms with E-state index < -0.39 is 11.0 Å². The summed E-state index contributed by atoms with van der Waals surface area (Å²) >= 11 is 5.63. The number of nitro groups is 1. The van der Waals surface area contributed by atoms with Crippen LogP contribution in [0.3, 0.4) is 0 Å². The third kappa shape index (κ3) is 3.43. The normalized spacial score (nSPS) is 12.4. The zero-order valence-electron chi connectivity index (χ0n) is 8.89. The molecule has 16 heavy (non-hydrogen) atoms. The molecule has 5 nitrogen and oxygen atoms in total. The number of aromatic nitrogens is 1. The van der Waals surface area contributed by atoms with E-state index in [9.17, 15) is 15.2 Å². The van der Waals surface area contributed by atoms with Gasteiger partial charge in [0.05, 0.1) is 16.0 Å². The van der Waals surface area contributed by atoms with E-state index in [1.807, 2.05) is 6.92 Å². The number of aliphatic hydroxyl groups excluding tert-OH is 1. The molecule has 0 spiro atoms. The molecule has 0 aliphatic rings. The fourth-order valence-electron chi connectivity index (χ4n) is 1.43. The molecule has 0 fully saturated rings. The minimum absolute atomic E-state index is 0.136. The first-order valence-electron chi connectivity index (χ1n) is 5.01. The molecule has 0 radical (unpaired) electrons. The topological polar surface area (TPSA) is 76.3 Å². The van der Waals surface area contributed by atoms with Crippen LogP contribution in [0.4, 0.5) is 5.69 Å². The number of pyridine rings is 1. The summed E-state index contributed by atoms with van der Waals surface area (Å²) in [5.74, 6) is 0. The van der Waals surface area contributed by atoms with Crippen LogP contribution in [-0.4, -0.2) is 21.1 Å². The molecule has 0 aliphatic heterocycles. The maximum Gasteiger partial charge on any atom is 0.292 e. The predicted octanol–water partition coefficient (Wildman–Crippen LogP) is 2.35. The smallest absolute Gasteiger partial charge is 0.292 e. The first-order chi connectivity index (χ1) is 7.54. The first-order valence-corrected chi connectivity index (χ1v) is 5.39. The number of rotatable bonds is 5. The van der Waals surface area contributed by atoms with Gasteiger partial charge < -0.3 is 5.11 Å². The highest BCUT2D eigenvalue weighted by molar-refractivity contribution is 6.30. The Morgan fingerprint density at radius 2 is 2.38 bits per heavy atom. The fraction of sp³-hybridized carbons (Fsp3) is 0.500. The van der Waals surface area contributed by atoms with Gasteiger partial charge in [-0.3, -0.25) is 15.1 Å². The minimum atomic E-state index is -0.600. The van der Waals surface area contributed by atoms with E-state index >= 15 is 0 Å².